The van der Waals surface area contributed by atoms with Crippen LogP contribution in [0.15, 0.2) is 53.8 Å². The summed E-state index contributed by atoms with van der Waals surface area (Å²) in [7, 11) is -0.568. The minimum Gasteiger partial charge on any atom is -0.380 e. The van der Waals surface area contributed by atoms with Crippen LogP contribution in [0.4, 0.5) is 33.5 Å². The van der Waals surface area contributed by atoms with Crippen LogP contribution in [-0.2, 0) is 16.2 Å². The van der Waals surface area contributed by atoms with Crippen molar-refractivity contribution in [3.05, 3.63) is 77.2 Å². The summed E-state index contributed by atoms with van der Waals surface area (Å²) in [6, 6.07) is 6.48. The number of likely N-dealkylation sites (N-methyl/N-ethyl adjacent to an activating group) is 1. The normalized spacial score (nSPS) is 20.2. The first-order chi connectivity index (χ1) is 18.3. The molecule has 1 heterocycles. The molecule has 2 aromatic carbocycles. The number of hydrogen-bond donors (Lipinski definition) is 2. The Balaban J connectivity index is 1.53. The number of nitrogens with one attached hydrogen (secondary N) is 2. The fraction of sp³-hybridized carbons (Fsp3) is 0.385. The molecule has 7 nitrogen and oxygen atoms in total. The Labute approximate surface area is 223 Å². The quantitative estimate of drug-likeness (QED) is 0.363. The molecule has 0 amide bonds. The molecule has 3 aromatic rings. The Morgan fingerprint density at radius 3 is 2.41 bits per heavy atom. The van der Waals surface area contributed by atoms with E-state index in [1.807, 2.05) is 19.0 Å². The second-order valence-electron chi connectivity index (χ2n) is 9.83. The first-order valence-electron chi connectivity index (χ1n) is 12.1. The van der Waals surface area contributed by atoms with Crippen molar-refractivity contribution in [2.24, 2.45) is 0 Å². The summed E-state index contributed by atoms with van der Waals surface area (Å²) in [6.07, 6.45) is -0.714. The number of anilines is 2. The molecule has 1 aliphatic rings. The maximum Gasteiger partial charge on any atom is 0.419 e. The van der Waals surface area contributed by atoms with Crippen molar-refractivity contribution in [2.45, 2.75) is 55.3 Å². The monoisotopic (exact) mass is 569 g/mol. The van der Waals surface area contributed by atoms with Crippen LogP contribution in [0.5, 0.6) is 0 Å². The van der Waals surface area contributed by atoms with E-state index in [4.69, 9.17) is 0 Å². The van der Waals surface area contributed by atoms with Gasteiger partial charge in [-0.1, -0.05) is 6.07 Å². The molecule has 0 unspecified atom stereocenters. The van der Waals surface area contributed by atoms with Gasteiger partial charge in [-0.15, -0.1) is 0 Å². The highest BCUT2D eigenvalue weighted by molar-refractivity contribution is 7.92. The van der Waals surface area contributed by atoms with E-state index in [0.29, 0.717) is 36.1 Å². The Bertz CT molecular complexity index is 1430. The Hall–Kier alpha value is -3.32. The topological polar surface area (TPSA) is 87.2 Å². The Kier molecular flexibility index (Phi) is 8.12. The number of rotatable bonds is 7. The number of sulfonamides is 1. The highest BCUT2D eigenvalue weighted by atomic mass is 32.2. The summed E-state index contributed by atoms with van der Waals surface area (Å²) in [5.41, 5.74) is 0.0383. The summed E-state index contributed by atoms with van der Waals surface area (Å²) in [6.45, 7) is 1.65. The highest BCUT2D eigenvalue weighted by Crippen LogP contribution is 2.39. The smallest absolute Gasteiger partial charge is 0.380 e. The summed E-state index contributed by atoms with van der Waals surface area (Å²) in [5, 5.41) is 3.31. The van der Waals surface area contributed by atoms with Crippen LogP contribution < -0.4 is 10.0 Å². The third-order valence-electron chi connectivity index (χ3n) is 6.98. The van der Waals surface area contributed by atoms with Crippen LogP contribution in [-0.4, -0.2) is 49.5 Å². The molecule has 0 aliphatic heterocycles. The van der Waals surface area contributed by atoms with Crippen LogP contribution in [0.1, 0.15) is 41.9 Å². The largest absolute Gasteiger partial charge is 0.419 e. The first kappa shape index (κ1) is 28.7. The number of nitrogens with zero attached hydrogens (tertiary/aromatic N) is 3. The maximum absolute atomic E-state index is 15.1. The van der Waals surface area contributed by atoms with Crippen LogP contribution in [0.25, 0.3) is 0 Å². The molecular formula is C26H28F5N5O2S. The second-order valence-corrected chi connectivity index (χ2v) is 11.5. The molecule has 0 spiro atoms. The van der Waals surface area contributed by atoms with Crippen molar-refractivity contribution in [1.82, 2.24) is 14.9 Å². The van der Waals surface area contributed by atoms with Crippen molar-refractivity contribution >= 4 is 21.5 Å². The third kappa shape index (κ3) is 6.47. The highest BCUT2D eigenvalue weighted by Gasteiger charge is 2.37. The fourth-order valence-corrected chi connectivity index (χ4v) is 6.12. The number of halogens is 5. The zero-order chi connectivity index (χ0) is 28.5. The van der Waals surface area contributed by atoms with Crippen LogP contribution in [0.3, 0.4) is 0 Å². The van der Waals surface area contributed by atoms with Gasteiger partial charge in [-0.05, 0) is 87.7 Å². The van der Waals surface area contributed by atoms with Crippen LogP contribution in [0, 0.1) is 18.6 Å². The average Bonchev–Trinajstić information content (AvgIpc) is 2.86. The molecule has 4 rings (SSSR count). The van der Waals surface area contributed by atoms with E-state index in [1.54, 1.807) is 6.92 Å². The molecule has 39 heavy (non-hydrogen) atoms. The van der Waals surface area contributed by atoms with E-state index in [0.717, 1.165) is 24.5 Å². The Morgan fingerprint density at radius 1 is 1.03 bits per heavy atom. The van der Waals surface area contributed by atoms with Crippen molar-refractivity contribution in [3.8, 4) is 0 Å². The minimum atomic E-state index is -4.79. The van der Waals surface area contributed by atoms with E-state index in [2.05, 4.69) is 20.0 Å². The Morgan fingerprint density at radius 2 is 1.77 bits per heavy atom. The molecule has 1 aromatic heterocycles. The maximum atomic E-state index is 15.1. The van der Waals surface area contributed by atoms with Gasteiger partial charge in [0.25, 0.3) is 10.0 Å². The standard InChI is InChI=1S/C26H28F5N5O2S/c1-15-10-24(39(37,38)35-25-8-9-32-14-33-25)20(28)13-22(15)34-21-7-5-17(12-23(21)36(2)3)16-4-6-19(27)18(11-16)26(29,30)31/h4,6,8-11,13-14,17,21,23,34H,5,7,12H2,1-3H3,(H,32,33,35)/t17-,21-,23-/m0/s1. The molecule has 0 bridgehead atoms. The molecule has 0 radical (unpaired) electrons. The number of benzene rings is 2. The second kappa shape index (κ2) is 11.0. The number of hydrogen-bond acceptors (Lipinski definition) is 6. The predicted molar refractivity (Wildman–Crippen MR) is 137 cm³/mol. The zero-order valence-electron chi connectivity index (χ0n) is 21.4. The lowest BCUT2D eigenvalue weighted by Crippen LogP contribution is -2.47. The van der Waals surface area contributed by atoms with Crippen molar-refractivity contribution < 1.29 is 30.4 Å². The molecule has 210 valence electrons. The average molecular weight is 570 g/mol. The molecule has 1 aliphatic carbocycles. The van der Waals surface area contributed by atoms with Gasteiger partial charge in [-0.2, -0.15) is 13.2 Å². The lowest BCUT2D eigenvalue weighted by atomic mass is 9.77. The van der Waals surface area contributed by atoms with Gasteiger partial charge in [0.1, 0.15) is 28.7 Å². The number of alkyl halides is 3. The summed E-state index contributed by atoms with van der Waals surface area (Å²) in [5.74, 6) is -2.49. The lowest BCUT2D eigenvalue weighted by Gasteiger charge is -2.41. The predicted octanol–water partition coefficient (Wildman–Crippen LogP) is 5.56. The van der Waals surface area contributed by atoms with E-state index in [-0.39, 0.29) is 23.8 Å². The fourth-order valence-electron chi connectivity index (χ4n) is 4.96. The van der Waals surface area contributed by atoms with Gasteiger partial charge in [0.05, 0.1) is 5.56 Å². The van der Waals surface area contributed by atoms with E-state index in [1.165, 1.54) is 24.4 Å². The SMILES string of the molecule is Cc1cc(S(=O)(=O)Nc2ccncn2)c(F)cc1N[C@H]1CC[C@H](c2ccc(F)c(C(F)(F)F)c2)C[C@@H]1N(C)C. The summed E-state index contributed by atoms with van der Waals surface area (Å²) >= 11 is 0. The van der Waals surface area contributed by atoms with Crippen LogP contribution in [0.2, 0.25) is 0 Å². The van der Waals surface area contributed by atoms with Crippen molar-refractivity contribution in [2.75, 3.05) is 24.1 Å². The third-order valence-corrected chi connectivity index (χ3v) is 8.35. The van der Waals surface area contributed by atoms with Gasteiger partial charge in [0, 0.05) is 24.0 Å². The molecule has 13 heteroatoms. The van der Waals surface area contributed by atoms with Crippen molar-refractivity contribution in [1.29, 1.82) is 0 Å². The van der Waals surface area contributed by atoms with Gasteiger partial charge in [0.2, 0.25) is 0 Å². The molecule has 1 saturated carbocycles. The van der Waals surface area contributed by atoms with Gasteiger partial charge < -0.3 is 10.2 Å². The first-order valence-corrected chi connectivity index (χ1v) is 13.6. The van der Waals surface area contributed by atoms with Gasteiger partial charge in [0.15, 0.2) is 0 Å². The minimum absolute atomic E-state index is 0.00153. The molecular weight excluding hydrogens is 541 g/mol. The number of aryl methyl sites for hydroxylation is 1. The summed E-state index contributed by atoms with van der Waals surface area (Å²) in [4.78, 5) is 8.91. The molecule has 3 atom stereocenters. The van der Waals surface area contributed by atoms with E-state index >= 15 is 4.39 Å². The molecule has 1 fully saturated rings. The number of aromatic nitrogens is 2. The van der Waals surface area contributed by atoms with Crippen LogP contribution >= 0.6 is 0 Å². The van der Waals surface area contributed by atoms with E-state index < -0.39 is 38.3 Å². The lowest BCUT2D eigenvalue weighted by molar-refractivity contribution is -0.140. The zero-order valence-corrected chi connectivity index (χ0v) is 22.2. The van der Waals surface area contributed by atoms with Crippen molar-refractivity contribution in [3.63, 3.8) is 0 Å². The van der Waals surface area contributed by atoms with Gasteiger partial charge in [-0.25, -0.2) is 27.2 Å². The van der Waals surface area contributed by atoms with Gasteiger partial charge >= 0.3 is 6.18 Å². The van der Waals surface area contributed by atoms with E-state index in [9.17, 15) is 26.0 Å². The molecule has 2 N–H and O–H groups in total. The summed E-state index contributed by atoms with van der Waals surface area (Å²) < 4.78 is 96.4. The molecule has 0 saturated heterocycles. The van der Waals surface area contributed by atoms with Gasteiger partial charge in [-0.3, -0.25) is 4.72 Å².